The van der Waals surface area contributed by atoms with E-state index in [1.165, 1.54) is 38.9 Å². The number of nitrogens with zero attached hydrogens (tertiary/aromatic N) is 4. The molecule has 0 bridgehead atoms. The second kappa shape index (κ2) is 6.29. The van der Waals surface area contributed by atoms with Crippen LogP contribution in [0.25, 0.3) is 27.8 Å². The molecule has 0 fully saturated rings. The fourth-order valence-electron chi connectivity index (χ4n) is 3.38. The van der Waals surface area contributed by atoms with Gasteiger partial charge in [0.1, 0.15) is 0 Å². The summed E-state index contributed by atoms with van der Waals surface area (Å²) in [6.45, 7) is 0. The molecule has 4 rings (SSSR count). The first-order valence-corrected chi connectivity index (χ1v) is 9.99. The predicted octanol–water partition coefficient (Wildman–Crippen LogP) is 0.822. The number of hydrogen-bond donors (Lipinski definition) is 2. The van der Waals surface area contributed by atoms with Crippen molar-refractivity contribution >= 4 is 38.1 Å². The Bertz CT molecular complexity index is 1480. The van der Waals surface area contributed by atoms with Crippen molar-refractivity contribution in [1.82, 2.24) is 23.4 Å². The van der Waals surface area contributed by atoms with Gasteiger partial charge in [-0.1, -0.05) is 0 Å². The molecule has 2 aromatic carbocycles. The summed E-state index contributed by atoms with van der Waals surface area (Å²) < 4.78 is 30.9. The standard InChI is InChI=1S/C18H17N5O5S/c1-19-29(27,28)11-5-6-12-14(9-11)23(16(20-12)17(24)25)10-4-7-13-15(8-10)22(3)18(26)21(13)2/h4-9,19H,1-3H3,(H,24,25). The summed E-state index contributed by atoms with van der Waals surface area (Å²) in [6.07, 6.45) is 0. The second-order valence-corrected chi connectivity index (χ2v) is 8.39. The molecular formula is C18H17N5O5S. The molecule has 0 aliphatic carbocycles. The maximum atomic E-state index is 12.2. The molecule has 0 aliphatic heterocycles. The Morgan fingerprint density at radius 1 is 1.03 bits per heavy atom. The minimum Gasteiger partial charge on any atom is -0.475 e. The molecule has 0 saturated heterocycles. The van der Waals surface area contributed by atoms with Crippen molar-refractivity contribution < 1.29 is 18.3 Å². The number of sulfonamides is 1. The lowest BCUT2D eigenvalue weighted by molar-refractivity contribution is 0.0682. The zero-order valence-electron chi connectivity index (χ0n) is 15.7. The smallest absolute Gasteiger partial charge is 0.372 e. The molecule has 0 unspecified atom stereocenters. The van der Waals surface area contributed by atoms with E-state index in [2.05, 4.69) is 9.71 Å². The normalized spacial score (nSPS) is 12.1. The Balaban J connectivity index is 2.08. The molecule has 2 heterocycles. The zero-order valence-corrected chi connectivity index (χ0v) is 16.6. The molecule has 2 N–H and O–H groups in total. The van der Waals surface area contributed by atoms with E-state index in [1.54, 1.807) is 32.3 Å². The third kappa shape index (κ3) is 2.74. The first kappa shape index (κ1) is 18.9. The number of aryl methyl sites for hydroxylation is 2. The minimum atomic E-state index is -3.73. The summed E-state index contributed by atoms with van der Waals surface area (Å²) in [5.74, 6) is -1.53. The highest BCUT2D eigenvalue weighted by Crippen LogP contribution is 2.26. The Kier molecular flexibility index (Phi) is 4.10. The SMILES string of the molecule is CNS(=O)(=O)c1ccc2nc(C(=O)O)n(-c3ccc4c(c3)n(C)c(=O)n4C)c2c1. The molecule has 0 radical (unpaired) electrons. The molecule has 11 heteroatoms. The van der Waals surface area contributed by atoms with Crippen LogP contribution in [0.15, 0.2) is 46.1 Å². The molecule has 10 nitrogen and oxygen atoms in total. The van der Waals surface area contributed by atoms with Crippen molar-refractivity contribution in [1.29, 1.82) is 0 Å². The van der Waals surface area contributed by atoms with Crippen molar-refractivity contribution in [3.8, 4) is 5.69 Å². The van der Waals surface area contributed by atoms with Crippen LogP contribution in [-0.2, 0) is 24.1 Å². The summed E-state index contributed by atoms with van der Waals surface area (Å²) in [5.41, 5.74) is 2.16. The number of carbonyl (C=O) groups is 1. The van der Waals surface area contributed by atoms with Crippen molar-refractivity contribution in [3.05, 3.63) is 52.7 Å². The monoisotopic (exact) mass is 415 g/mol. The van der Waals surface area contributed by atoms with Crippen LogP contribution in [0.5, 0.6) is 0 Å². The number of aromatic carboxylic acids is 1. The summed E-state index contributed by atoms with van der Waals surface area (Å²) in [7, 11) is 0.833. The first-order valence-electron chi connectivity index (χ1n) is 8.51. The van der Waals surface area contributed by atoms with Crippen LogP contribution >= 0.6 is 0 Å². The Morgan fingerprint density at radius 2 is 1.72 bits per heavy atom. The highest BCUT2D eigenvalue weighted by atomic mass is 32.2. The highest BCUT2D eigenvalue weighted by Gasteiger charge is 2.21. The van der Waals surface area contributed by atoms with Gasteiger partial charge >= 0.3 is 11.7 Å². The number of benzene rings is 2. The fraction of sp³-hybridized carbons (Fsp3) is 0.167. The van der Waals surface area contributed by atoms with E-state index >= 15 is 0 Å². The molecule has 0 amide bonds. The minimum absolute atomic E-state index is 0.0150. The van der Waals surface area contributed by atoms with Crippen molar-refractivity contribution in [2.45, 2.75) is 4.90 Å². The van der Waals surface area contributed by atoms with Gasteiger partial charge in [0.2, 0.25) is 15.8 Å². The maximum absolute atomic E-state index is 12.2. The van der Waals surface area contributed by atoms with E-state index < -0.39 is 16.0 Å². The molecular weight excluding hydrogens is 398 g/mol. The Morgan fingerprint density at radius 3 is 2.38 bits per heavy atom. The summed E-state index contributed by atoms with van der Waals surface area (Å²) >= 11 is 0. The largest absolute Gasteiger partial charge is 0.475 e. The van der Waals surface area contributed by atoms with Crippen LogP contribution in [0.3, 0.4) is 0 Å². The van der Waals surface area contributed by atoms with Gasteiger partial charge < -0.3 is 5.11 Å². The third-order valence-electron chi connectivity index (χ3n) is 4.91. The van der Waals surface area contributed by atoms with Crippen LogP contribution < -0.4 is 10.4 Å². The summed E-state index contributed by atoms with van der Waals surface area (Å²) in [6, 6.07) is 9.23. The van der Waals surface area contributed by atoms with Crippen LogP contribution in [0.1, 0.15) is 10.6 Å². The number of aromatic nitrogens is 4. The average molecular weight is 415 g/mol. The molecule has 0 spiro atoms. The molecule has 0 atom stereocenters. The number of carboxylic acid groups (broad SMARTS) is 1. The molecule has 2 aromatic heterocycles. The lowest BCUT2D eigenvalue weighted by Gasteiger charge is -2.09. The van der Waals surface area contributed by atoms with Gasteiger partial charge in [0.05, 0.1) is 32.6 Å². The fourth-order valence-corrected chi connectivity index (χ4v) is 4.13. The van der Waals surface area contributed by atoms with Crippen molar-refractivity contribution in [2.24, 2.45) is 14.1 Å². The van der Waals surface area contributed by atoms with Gasteiger partial charge in [-0.15, -0.1) is 0 Å². The van der Waals surface area contributed by atoms with Crippen LogP contribution in [0.4, 0.5) is 0 Å². The molecule has 0 saturated carbocycles. The second-order valence-electron chi connectivity index (χ2n) is 6.51. The maximum Gasteiger partial charge on any atom is 0.372 e. The van der Waals surface area contributed by atoms with Gasteiger partial charge in [-0.3, -0.25) is 13.7 Å². The van der Waals surface area contributed by atoms with Crippen LogP contribution in [0.2, 0.25) is 0 Å². The topological polar surface area (TPSA) is 128 Å². The van der Waals surface area contributed by atoms with E-state index in [9.17, 15) is 23.1 Å². The number of rotatable bonds is 4. The highest BCUT2D eigenvalue weighted by molar-refractivity contribution is 7.89. The number of hydrogen-bond acceptors (Lipinski definition) is 5. The lowest BCUT2D eigenvalue weighted by atomic mass is 10.2. The zero-order chi connectivity index (χ0) is 21.1. The van der Waals surface area contributed by atoms with Gasteiger partial charge in [-0.2, -0.15) is 0 Å². The number of fused-ring (bicyclic) bond motifs is 2. The first-order chi connectivity index (χ1) is 13.7. The molecule has 0 aliphatic rings. The van der Waals surface area contributed by atoms with Gasteiger partial charge in [-0.05, 0) is 43.4 Å². The Labute approximate surface area is 164 Å². The van der Waals surface area contributed by atoms with Crippen molar-refractivity contribution in [2.75, 3.05) is 7.05 Å². The molecule has 4 aromatic rings. The summed E-state index contributed by atoms with van der Waals surface area (Å²) in [5, 5.41) is 9.65. The van der Waals surface area contributed by atoms with E-state index in [0.29, 0.717) is 27.8 Å². The van der Waals surface area contributed by atoms with Crippen LogP contribution in [-0.4, -0.2) is 45.2 Å². The van der Waals surface area contributed by atoms with E-state index in [0.717, 1.165) is 0 Å². The molecule has 29 heavy (non-hydrogen) atoms. The van der Waals surface area contributed by atoms with Crippen molar-refractivity contribution in [3.63, 3.8) is 0 Å². The predicted molar refractivity (Wildman–Crippen MR) is 106 cm³/mol. The van der Waals surface area contributed by atoms with Crippen LogP contribution in [0, 0.1) is 0 Å². The van der Waals surface area contributed by atoms with Gasteiger partial charge in [0.25, 0.3) is 0 Å². The van der Waals surface area contributed by atoms with Gasteiger partial charge in [0, 0.05) is 14.1 Å². The lowest BCUT2D eigenvalue weighted by Crippen LogP contribution is -2.19. The average Bonchev–Trinajstić information content (AvgIpc) is 3.19. The number of nitrogens with one attached hydrogen (secondary N) is 1. The van der Waals surface area contributed by atoms with Gasteiger partial charge in [0.15, 0.2) is 0 Å². The number of imidazole rings is 2. The Hall–Kier alpha value is -3.44. The van der Waals surface area contributed by atoms with Gasteiger partial charge in [-0.25, -0.2) is 27.7 Å². The number of carboxylic acids is 1. The van der Waals surface area contributed by atoms with E-state index in [-0.39, 0.29) is 16.4 Å². The van der Waals surface area contributed by atoms with E-state index in [1.807, 2.05) is 0 Å². The summed E-state index contributed by atoms with van der Waals surface area (Å²) in [4.78, 5) is 28.1. The van der Waals surface area contributed by atoms with E-state index in [4.69, 9.17) is 0 Å². The quantitative estimate of drug-likeness (QED) is 0.508. The third-order valence-corrected chi connectivity index (χ3v) is 6.32. The molecule has 150 valence electrons.